The van der Waals surface area contributed by atoms with E-state index in [-0.39, 0.29) is 18.1 Å². The van der Waals surface area contributed by atoms with Gasteiger partial charge in [0, 0.05) is 16.2 Å². The van der Waals surface area contributed by atoms with Gasteiger partial charge < -0.3 is 4.74 Å². The van der Waals surface area contributed by atoms with Crippen LogP contribution in [0.15, 0.2) is 41.1 Å². The molecule has 102 valence electrons. The van der Waals surface area contributed by atoms with E-state index in [4.69, 9.17) is 4.74 Å². The first kappa shape index (κ1) is 14.3. The molecule has 0 aliphatic carbocycles. The summed E-state index contributed by atoms with van der Waals surface area (Å²) in [7, 11) is 0. The van der Waals surface area contributed by atoms with E-state index >= 15 is 0 Å². The Bertz CT molecular complexity index is 641. The van der Waals surface area contributed by atoms with Gasteiger partial charge in [-0.2, -0.15) is 0 Å². The van der Waals surface area contributed by atoms with Crippen LogP contribution < -0.4 is 0 Å². The average Bonchev–Trinajstić information content (AvgIpc) is 2.45. The minimum atomic E-state index is -0.666. The summed E-state index contributed by atoms with van der Waals surface area (Å²) in [6, 6.07) is 6.88. The Hall–Kier alpha value is -2.08. The smallest absolute Gasteiger partial charge is 0.358 e. The van der Waals surface area contributed by atoms with E-state index in [1.165, 1.54) is 12.4 Å². The van der Waals surface area contributed by atoms with Gasteiger partial charge in [-0.3, -0.25) is 9.78 Å². The highest BCUT2D eigenvalue weighted by molar-refractivity contribution is 9.10. The maximum atomic E-state index is 11.9. The zero-order valence-corrected chi connectivity index (χ0v) is 12.3. The number of aryl methyl sites for hydroxylation is 1. The molecule has 1 aromatic carbocycles. The monoisotopic (exact) mass is 334 g/mol. The lowest BCUT2D eigenvalue weighted by atomic mass is 10.1. The second-order valence-corrected chi connectivity index (χ2v) is 4.97. The van der Waals surface area contributed by atoms with E-state index in [2.05, 4.69) is 25.9 Å². The molecule has 2 aromatic rings. The minimum absolute atomic E-state index is 0.0812. The molecule has 0 fully saturated rings. The number of ketones is 1. The molecule has 0 saturated carbocycles. The molecule has 0 unspecified atom stereocenters. The lowest BCUT2D eigenvalue weighted by Gasteiger charge is -2.04. The van der Waals surface area contributed by atoms with E-state index < -0.39 is 5.97 Å². The van der Waals surface area contributed by atoms with Gasteiger partial charge in [0.2, 0.25) is 0 Å². The van der Waals surface area contributed by atoms with Gasteiger partial charge in [0.25, 0.3) is 0 Å². The van der Waals surface area contributed by atoms with Crippen LogP contribution in [0.3, 0.4) is 0 Å². The van der Waals surface area contributed by atoms with Crippen molar-refractivity contribution in [3.05, 3.63) is 58.1 Å². The molecule has 0 spiro atoms. The molecular formula is C14H11BrN2O3. The third-order valence-electron chi connectivity index (χ3n) is 2.47. The van der Waals surface area contributed by atoms with Crippen molar-refractivity contribution in [2.45, 2.75) is 6.92 Å². The van der Waals surface area contributed by atoms with Crippen molar-refractivity contribution >= 4 is 27.7 Å². The molecule has 0 radical (unpaired) electrons. The summed E-state index contributed by atoms with van der Waals surface area (Å²) >= 11 is 3.28. The Balaban J connectivity index is 1.96. The summed E-state index contributed by atoms with van der Waals surface area (Å²) < 4.78 is 5.71. The molecule has 0 saturated heterocycles. The van der Waals surface area contributed by atoms with Crippen LogP contribution in [0.1, 0.15) is 26.5 Å². The van der Waals surface area contributed by atoms with Crippen LogP contribution in [0.4, 0.5) is 0 Å². The number of rotatable bonds is 4. The molecule has 0 bridgehead atoms. The Morgan fingerprint density at radius 3 is 2.70 bits per heavy atom. The molecule has 6 heteroatoms. The number of carbonyl (C=O) groups is 2. The van der Waals surface area contributed by atoms with Gasteiger partial charge in [-0.25, -0.2) is 9.78 Å². The number of Topliss-reactive ketones (excluding diaryl/α,β-unsaturated/α-hetero) is 1. The maximum Gasteiger partial charge on any atom is 0.358 e. The Labute approximate surface area is 124 Å². The molecular weight excluding hydrogens is 324 g/mol. The Kier molecular flexibility index (Phi) is 4.57. The molecule has 5 nitrogen and oxygen atoms in total. The van der Waals surface area contributed by atoms with Crippen LogP contribution in [0, 0.1) is 6.92 Å². The van der Waals surface area contributed by atoms with Crippen molar-refractivity contribution in [3.63, 3.8) is 0 Å². The van der Waals surface area contributed by atoms with Crippen molar-refractivity contribution in [1.29, 1.82) is 0 Å². The molecule has 2 rings (SSSR count). The zero-order chi connectivity index (χ0) is 14.5. The second-order valence-electron chi connectivity index (χ2n) is 4.05. The standard InChI is InChI=1S/C14H11BrN2O3/c1-9-6-17-12(7-16-9)14(19)20-8-13(18)10-3-2-4-11(15)5-10/h2-7H,8H2,1H3. The van der Waals surface area contributed by atoms with Gasteiger partial charge in [-0.1, -0.05) is 28.1 Å². The second kappa shape index (κ2) is 6.38. The first-order valence-corrected chi connectivity index (χ1v) is 6.60. The van der Waals surface area contributed by atoms with Crippen molar-refractivity contribution in [2.75, 3.05) is 6.61 Å². The van der Waals surface area contributed by atoms with Gasteiger partial charge in [0.05, 0.1) is 11.9 Å². The summed E-state index contributed by atoms with van der Waals surface area (Å²) in [5.74, 6) is -0.944. The quantitative estimate of drug-likeness (QED) is 0.634. The SMILES string of the molecule is Cc1cnc(C(=O)OCC(=O)c2cccc(Br)c2)cn1. The molecule has 0 N–H and O–H groups in total. The average molecular weight is 335 g/mol. The number of hydrogen-bond donors (Lipinski definition) is 0. The third kappa shape index (κ3) is 3.71. The van der Waals surface area contributed by atoms with E-state index in [1.54, 1.807) is 25.1 Å². The summed E-state index contributed by atoms with van der Waals surface area (Å²) in [6.45, 7) is 1.43. The summed E-state index contributed by atoms with van der Waals surface area (Å²) in [6.07, 6.45) is 2.79. The predicted molar refractivity (Wildman–Crippen MR) is 75.5 cm³/mol. The maximum absolute atomic E-state index is 11.9. The number of esters is 1. The van der Waals surface area contributed by atoms with Crippen LogP contribution >= 0.6 is 15.9 Å². The fourth-order valence-corrected chi connectivity index (χ4v) is 1.85. The van der Waals surface area contributed by atoms with Crippen molar-refractivity contribution in [1.82, 2.24) is 9.97 Å². The topological polar surface area (TPSA) is 69.2 Å². The minimum Gasteiger partial charge on any atom is -0.453 e. The number of nitrogens with zero attached hydrogens (tertiary/aromatic N) is 2. The number of benzene rings is 1. The number of hydrogen-bond acceptors (Lipinski definition) is 5. The highest BCUT2D eigenvalue weighted by Crippen LogP contribution is 2.12. The summed E-state index contributed by atoms with van der Waals surface area (Å²) in [4.78, 5) is 31.4. The van der Waals surface area contributed by atoms with Crippen LogP contribution in [0.5, 0.6) is 0 Å². The Morgan fingerprint density at radius 2 is 2.05 bits per heavy atom. The largest absolute Gasteiger partial charge is 0.453 e. The first-order chi connectivity index (χ1) is 9.56. The van der Waals surface area contributed by atoms with Gasteiger partial charge in [-0.15, -0.1) is 0 Å². The van der Waals surface area contributed by atoms with Gasteiger partial charge in [0.15, 0.2) is 18.1 Å². The lowest BCUT2D eigenvalue weighted by molar-refractivity contribution is 0.0468. The normalized spacial score (nSPS) is 10.1. The van der Waals surface area contributed by atoms with Crippen molar-refractivity contribution < 1.29 is 14.3 Å². The molecule has 0 aliphatic rings. The molecule has 0 amide bonds. The van der Waals surface area contributed by atoms with E-state index in [9.17, 15) is 9.59 Å². The fourth-order valence-electron chi connectivity index (χ4n) is 1.45. The van der Waals surface area contributed by atoms with E-state index in [1.807, 2.05) is 6.07 Å². The fraction of sp³-hybridized carbons (Fsp3) is 0.143. The van der Waals surface area contributed by atoms with Gasteiger partial charge in [0.1, 0.15) is 0 Å². The number of carbonyl (C=O) groups excluding carboxylic acids is 2. The van der Waals surface area contributed by atoms with Crippen LogP contribution in [0.2, 0.25) is 0 Å². The van der Waals surface area contributed by atoms with Crippen LogP contribution in [-0.4, -0.2) is 28.3 Å². The number of aromatic nitrogens is 2. The van der Waals surface area contributed by atoms with Gasteiger partial charge in [-0.05, 0) is 19.1 Å². The van der Waals surface area contributed by atoms with E-state index in [0.29, 0.717) is 11.3 Å². The van der Waals surface area contributed by atoms with E-state index in [0.717, 1.165) is 4.47 Å². The number of ether oxygens (including phenoxy) is 1. The lowest BCUT2D eigenvalue weighted by Crippen LogP contribution is -2.15. The van der Waals surface area contributed by atoms with Gasteiger partial charge >= 0.3 is 5.97 Å². The highest BCUT2D eigenvalue weighted by Gasteiger charge is 2.13. The summed E-state index contributed by atoms with van der Waals surface area (Å²) in [5, 5.41) is 0. The van der Waals surface area contributed by atoms with Crippen LogP contribution in [0.25, 0.3) is 0 Å². The highest BCUT2D eigenvalue weighted by atomic mass is 79.9. The zero-order valence-electron chi connectivity index (χ0n) is 10.7. The number of halogens is 1. The molecule has 0 atom stereocenters. The van der Waals surface area contributed by atoms with Crippen molar-refractivity contribution in [3.8, 4) is 0 Å². The molecule has 0 aliphatic heterocycles. The molecule has 1 aromatic heterocycles. The molecule has 1 heterocycles. The predicted octanol–water partition coefficient (Wildman–Crippen LogP) is 2.59. The first-order valence-electron chi connectivity index (χ1n) is 5.81. The van der Waals surface area contributed by atoms with Crippen molar-refractivity contribution in [2.24, 2.45) is 0 Å². The van der Waals surface area contributed by atoms with Crippen LogP contribution in [-0.2, 0) is 4.74 Å². The Morgan fingerprint density at radius 1 is 1.25 bits per heavy atom. The third-order valence-corrected chi connectivity index (χ3v) is 2.96. The summed E-state index contributed by atoms with van der Waals surface area (Å²) in [5.41, 5.74) is 1.26. The molecule has 20 heavy (non-hydrogen) atoms.